The molecule has 0 atom stereocenters. The van der Waals surface area contributed by atoms with Crippen LogP contribution in [-0.2, 0) is 10.0 Å². The topological polar surface area (TPSA) is 75.7 Å². The van der Waals surface area contributed by atoms with Gasteiger partial charge in [-0.15, -0.1) is 0 Å². The number of hydrogen-bond donors (Lipinski definition) is 1. The van der Waals surface area contributed by atoms with Gasteiger partial charge in [-0.05, 0) is 62.2 Å². The molecule has 2 aromatic rings. The van der Waals surface area contributed by atoms with Gasteiger partial charge in [-0.1, -0.05) is 0 Å². The highest BCUT2D eigenvalue weighted by Gasteiger charge is 2.27. The smallest absolute Gasteiger partial charge is 0.253 e. The number of sulfonamides is 1. The predicted octanol–water partition coefficient (Wildman–Crippen LogP) is 2.95. The average molecular weight is 424 g/mol. The lowest BCUT2D eigenvalue weighted by atomic mass is 10.0. The highest BCUT2D eigenvalue weighted by atomic mass is 32.2. The molecule has 1 heterocycles. The lowest BCUT2D eigenvalue weighted by molar-refractivity contribution is 0.0711. The maximum atomic E-state index is 13.3. The first kappa shape index (κ1) is 21.2. The molecular weight excluding hydrogens is 402 g/mol. The van der Waals surface area contributed by atoms with E-state index in [4.69, 9.17) is 4.74 Å². The average Bonchev–Trinajstić information content (AvgIpc) is 2.70. The van der Waals surface area contributed by atoms with Crippen molar-refractivity contribution in [2.45, 2.75) is 30.7 Å². The van der Waals surface area contributed by atoms with Crippen LogP contribution in [0.4, 0.5) is 8.78 Å². The number of carbonyl (C=O) groups is 1. The van der Waals surface area contributed by atoms with Gasteiger partial charge in [-0.2, -0.15) is 0 Å². The van der Waals surface area contributed by atoms with E-state index in [1.807, 2.05) is 6.92 Å². The molecule has 0 bridgehead atoms. The Morgan fingerprint density at radius 3 is 2.34 bits per heavy atom. The molecule has 6 nitrogen and oxygen atoms in total. The van der Waals surface area contributed by atoms with Crippen LogP contribution in [-0.4, -0.2) is 45.0 Å². The molecule has 0 saturated carbocycles. The quantitative estimate of drug-likeness (QED) is 0.774. The molecule has 0 spiro atoms. The lowest BCUT2D eigenvalue weighted by Crippen LogP contribution is -2.46. The van der Waals surface area contributed by atoms with Crippen LogP contribution in [0.15, 0.2) is 47.4 Å². The minimum atomic E-state index is -3.97. The fourth-order valence-electron chi connectivity index (χ4n) is 3.17. The van der Waals surface area contributed by atoms with Crippen LogP contribution in [0.2, 0.25) is 0 Å². The number of ether oxygens (including phenoxy) is 1. The highest BCUT2D eigenvalue weighted by molar-refractivity contribution is 7.89. The maximum Gasteiger partial charge on any atom is 0.253 e. The minimum absolute atomic E-state index is 0.130. The second-order valence-corrected chi connectivity index (χ2v) is 8.44. The summed E-state index contributed by atoms with van der Waals surface area (Å²) in [5.41, 5.74) is 0.536. The molecule has 29 heavy (non-hydrogen) atoms. The number of halogens is 2. The molecule has 0 aromatic heterocycles. The molecule has 1 N–H and O–H groups in total. The Morgan fingerprint density at radius 2 is 1.76 bits per heavy atom. The van der Waals surface area contributed by atoms with Gasteiger partial charge in [0.25, 0.3) is 5.91 Å². The summed E-state index contributed by atoms with van der Waals surface area (Å²) in [6, 6.07) is 8.93. The Hall–Kier alpha value is -2.52. The number of nitrogens with zero attached hydrogens (tertiary/aromatic N) is 1. The van der Waals surface area contributed by atoms with Gasteiger partial charge in [0.1, 0.15) is 5.75 Å². The van der Waals surface area contributed by atoms with Gasteiger partial charge in [0.15, 0.2) is 11.6 Å². The van der Waals surface area contributed by atoms with E-state index in [9.17, 15) is 22.0 Å². The fourth-order valence-corrected chi connectivity index (χ4v) is 4.49. The molecular formula is C20H22F2N2O4S. The Morgan fingerprint density at radius 1 is 1.10 bits per heavy atom. The van der Waals surface area contributed by atoms with Gasteiger partial charge in [0.2, 0.25) is 10.0 Å². The molecule has 1 aliphatic heterocycles. The van der Waals surface area contributed by atoms with Crippen LogP contribution >= 0.6 is 0 Å². The van der Waals surface area contributed by atoms with Crippen LogP contribution < -0.4 is 9.46 Å². The van der Waals surface area contributed by atoms with Crippen molar-refractivity contribution in [3.63, 3.8) is 0 Å². The van der Waals surface area contributed by atoms with Crippen LogP contribution in [0, 0.1) is 11.6 Å². The predicted molar refractivity (Wildman–Crippen MR) is 103 cm³/mol. The van der Waals surface area contributed by atoms with Crippen LogP contribution in [0.1, 0.15) is 30.1 Å². The highest BCUT2D eigenvalue weighted by Crippen LogP contribution is 2.19. The normalized spacial score (nSPS) is 15.3. The van der Waals surface area contributed by atoms with Crippen LogP contribution in [0.3, 0.4) is 0 Å². The van der Waals surface area contributed by atoms with Crippen molar-refractivity contribution in [2.75, 3.05) is 19.7 Å². The van der Waals surface area contributed by atoms with Gasteiger partial charge in [-0.25, -0.2) is 21.9 Å². The molecule has 0 radical (unpaired) electrons. The molecule has 1 aliphatic rings. The van der Waals surface area contributed by atoms with Crippen molar-refractivity contribution >= 4 is 15.9 Å². The number of carbonyl (C=O) groups excluding carboxylic acids is 1. The summed E-state index contributed by atoms with van der Waals surface area (Å²) >= 11 is 0. The molecule has 156 valence electrons. The monoisotopic (exact) mass is 424 g/mol. The molecule has 9 heteroatoms. The van der Waals surface area contributed by atoms with Crippen molar-refractivity contribution in [3.8, 4) is 5.75 Å². The van der Waals surface area contributed by atoms with E-state index in [0.29, 0.717) is 49.9 Å². The van der Waals surface area contributed by atoms with E-state index < -0.39 is 27.7 Å². The van der Waals surface area contributed by atoms with Gasteiger partial charge >= 0.3 is 0 Å². The van der Waals surface area contributed by atoms with E-state index in [1.54, 1.807) is 29.2 Å². The summed E-state index contributed by atoms with van der Waals surface area (Å²) < 4.78 is 59.0. The summed E-state index contributed by atoms with van der Waals surface area (Å²) in [7, 11) is -3.97. The van der Waals surface area contributed by atoms with Crippen molar-refractivity contribution < 1.29 is 26.7 Å². The maximum absolute atomic E-state index is 13.3. The summed E-state index contributed by atoms with van der Waals surface area (Å²) in [6.07, 6.45) is 0.845. The molecule has 3 rings (SSSR count). The summed E-state index contributed by atoms with van der Waals surface area (Å²) in [6.45, 7) is 3.19. The largest absolute Gasteiger partial charge is 0.494 e. The first-order valence-electron chi connectivity index (χ1n) is 9.29. The van der Waals surface area contributed by atoms with Crippen molar-refractivity contribution in [1.29, 1.82) is 0 Å². The molecule has 0 aliphatic carbocycles. The standard InChI is InChI=1S/C20H22F2N2O4S/c1-2-28-16-5-3-14(4-6-16)20(25)24-11-9-15(10-12-24)23-29(26,27)17-7-8-18(21)19(22)13-17/h3-8,13,15,23H,2,9-12H2,1H3. The Bertz CT molecular complexity index is 972. The van der Waals surface area contributed by atoms with Gasteiger partial charge in [0, 0.05) is 24.7 Å². The second-order valence-electron chi connectivity index (χ2n) is 6.72. The third-order valence-corrected chi connectivity index (χ3v) is 6.24. The van der Waals surface area contributed by atoms with Gasteiger partial charge < -0.3 is 9.64 Å². The van der Waals surface area contributed by atoms with E-state index in [0.717, 1.165) is 12.1 Å². The minimum Gasteiger partial charge on any atom is -0.494 e. The molecule has 1 fully saturated rings. The van der Waals surface area contributed by atoms with Crippen LogP contribution in [0.25, 0.3) is 0 Å². The van der Waals surface area contributed by atoms with E-state index >= 15 is 0 Å². The Labute approximate surface area is 168 Å². The molecule has 1 saturated heterocycles. The van der Waals surface area contributed by atoms with E-state index in [2.05, 4.69) is 4.72 Å². The SMILES string of the molecule is CCOc1ccc(C(=O)N2CCC(NS(=O)(=O)c3ccc(F)c(F)c3)CC2)cc1. The number of piperidine rings is 1. The summed E-state index contributed by atoms with van der Waals surface area (Å²) in [5, 5.41) is 0. The number of hydrogen-bond acceptors (Lipinski definition) is 4. The van der Waals surface area contributed by atoms with Gasteiger partial charge in [-0.3, -0.25) is 4.79 Å². The van der Waals surface area contributed by atoms with E-state index in [1.165, 1.54) is 0 Å². The van der Waals surface area contributed by atoms with Crippen molar-refractivity contribution in [2.24, 2.45) is 0 Å². The number of benzene rings is 2. The number of nitrogens with one attached hydrogen (secondary N) is 1. The molecule has 2 aromatic carbocycles. The Balaban J connectivity index is 1.58. The Kier molecular flexibility index (Phi) is 6.49. The fraction of sp³-hybridized carbons (Fsp3) is 0.350. The van der Waals surface area contributed by atoms with Crippen molar-refractivity contribution in [3.05, 3.63) is 59.7 Å². The zero-order valence-electron chi connectivity index (χ0n) is 15.9. The number of likely N-dealkylation sites (tertiary alicyclic amines) is 1. The number of amides is 1. The third-order valence-electron chi connectivity index (χ3n) is 4.72. The van der Waals surface area contributed by atoms with Gasteiger partial charge in [0.05, 0.1) is 11.5 Å². The second kappa shape index (κ2) is 8.87. The van der Waals surface area contributed by atoms with E-state index in [-0.39, 0.29) is 10.8 Å². The number of rotatable bonds is 6. The zero-order valence-corrected chi connectivity index (χ0v) is 16.7. The summed E-state index contributed by atoms with van der Waals surface area (Å²) in [4.78, 5) is 14.0. The lowest BCUT2D eigenvalue weighted by Gasteiger charge is -2.32. The summed E-state index contributed by atoms with van der Waals surface area (Å²) in [5.74, 6) is -1.77. The zero-order chi connectivity index (χ0) is 21.0. The third kappa shape index (κ3) is 5.10. The first-order chi connectivity index (χ1) is 13.8. The molecule has 1 amide bonds. The van der Waals surface area contributed by atoms with Crippen molar-refractivity contribution in [1.82, 2.24) is 9.62 Å². The first-order valence-corrected chi connectivity index (χ1v) is 10.8. The van der Waals surface area contributed by atoms with Crippen LogP contribution in [0.5, 0.6) is 5.75 Å². The molecule has 0 unspecified atom stereocenters.